The molecule has 1 rings (SSSR count). The Kier molecular flexibility index (Phi) is 3.05. The maximum absolute atomic E-state index is 10.4. The molecule has 0 spiro atoms. The van der Waals surface area contributed by atoms with E-state index in [1.54, 1.807) is 0 Å². The first kappa shape index (κ1) is 9.48. The molecule has 0 saturated carbocycles. The topological polar surface area (TPSA) is 66.6 Å². The molecule has 2 atom stereocenters. The van der Waals surface area contributed by atoms with Crippen molar-refractivity contribution >= 4 is 5.97 Å². The third kappa shape index (κ3) is 2.46. The van der Waals surface area contributed by atoms with Crippen molar-refractivity contribution in [1.82, 2.24) is 4.90 Å². The van der Waals surface area contributed by atoms with Gasteiger partial charge >= 0.3 is 5.97 Å². The highest BCUT2D eigenvalue weighted by atomic mass is 16.4. The van der Waals surface area contributed by atoms with Gasteiger partial charge in [-0.2, -0.15) is 0 Å². The number of carboxylic acid groups (broad SMARTS) is 1. The first-order valence-corrected chi connectivity index (χ1v) is 4.25. The Morgan fingerprint density at radius 2 is 2.42 bits per heavy atom. The third-order valence-corrected chi connectivity index (χ3v) is 2.45. The molecule has 0 aromatic carbocycles. The molecule has 0 aromatic rings. The summed E-state index contributed by atoms with van der Waals surface area (Å²) in [7, 11) is 2.01. The van der Waals surface area contributed by atoms with Gasteiger partial charge in [-0.05, 0) is 25.9 Å². The molecule has 1 aliphatic heterocycles. The summed E-state index contributed by atoms with van der Waals surface area (Å²) in [6.07, 6.45) is 1.12. The molecule has 70 valence electrons. The van der Waals surface area contributed by atoms with Crippen LogP contribution in [-0.2, 0) is 4.79 Å². The van der Waals surface area contributed by atoms with Crippen molar-refractivity contribution in [3.8, 4) is 0 Å². The fourth-order valence-electron chi connectivity index (χ4n) is 1.68. The number of aliphatic carboxylic acids is 1. The number of rotatable bonds is 2. The van der Waals surface area contributed by atoms with Crippen molar-refractivity contribution in [2.75, 3.05) is 20.1 Å². The van der Waals surface area contributed by atoms with Crippen LogP contribution in [0.3, 0.4) is 0 Å². The molecule has 0 bridgehead atoms. The second-order valence-corrected chi connectivity index (χ2v) is 3.57. The van der Waals surface area contributed by atoms with Crippen LogP contribution < -0.4 is 5.73 Å². The van der Waals surface area contributed by atoms with E-state index < -0.39 is 5.97 Å². The molecule has 4 nitrogen and oxygen atoms in total. The number of likely N-dealkylation sites (N-methyl/N-ethyl adjacent to an activating group) is 1. The van der Waals surface area contributed by atoms with Gasteiger partial charge in [-0.25, -0.2) is 0 Å². The summed E-state index contributed by atoms with van der Waals surface area (Å²) in [4.78, 5) is 12.6. The molecule has 0 unspecified atom stereocenters. The standard InChI is InChI=1S/C8H16N2O2/c1-10-3-2-6(4-8(11)12)7(9)5-10/h6-7H,2-5,9H2,1H3,(H,11,12)/t6-,7-/m1/s1. The Balaban J connectivity index is 2.39. The molecule has 3 N–H and O–H groups in total. The van der Waals surface area contributed by atoms with Crippen LogP contribution in [0.1, 0.15) is 12.8 Å². The number of hydrogen-bond acceptors (Lipinski definition) is 3. The molecule has 0 amide bonds. The fraction of sp³-hybridized carbons (Fsp3) is 0.875. The number of carbonyl (C=O) groups is 1. The molecular weight excluding hydrogens is 156 g/mol. The van der Waals surface area contributed by atoms with E-state index in [4.69, 9.17) is 10.8 Å². The van der Waals surface area contributed by atoms with E-state index in [2.05, 4.69) is 4.90 Å². The van der Waals surface area contributed by atoms with Crippen LogP contribution in [-0.4, -0.2) is 42.2 Å². The van der Waals surface area contributed by atoms with Crippen LogP contribution >= 0.6 is 0 Å². The summed E-state index contributed by atoms with van der Waals surface area (Å²) in [6, 6.07) is 0.0276. The van der Waals surface area contributed by atoms with Gasteiger partial charge < -0.3 is 15.7 Å². The fourth-order valence-corrected chi connectivity index (χ4v) is 1.68. The monoisotopic (exact) mass is 172 g/mol. The summed E-state index contributed by atoms with van der Waals surface area (Å²) >= 11 is 0. The third-order valence-electron chi connectivity index (χ3n) is 2.45. The highest BCUT2D eigenvalue weighted by molar-refractivity contribution is 5.67. The predicted molar refractivity (Wildman–Crippen MR) is 45.8 cm³/mol. The molecule has 4 heteroatoms. The molecule has 1 aliphatic rings. The van der Waals surface area contributed by atoms with Gasteiger partial charge in [0.25, 0.3) is 0 Å². The minimum absolute atomic E-state index is 0.0276. The van der Waals surface area contributed by atoms with Crippen LogP contribution in [0, 0.1) is 5.92 Å². The molecule has 0 radical (unpaired) electrons. The molecule has 1 fully saturated rings. The van der Waals surface area contributed by atoms with Crippen LogP contribution in [0.4, 0.5) is 0 Å². The Hall–Kier alpha value is -0.610. The first-order chi connectivity index (χ1) is 5.59. The van der Waals surface area contributed by atoms with E-state index in [1.807, 2.05) is 7.05 Å². The minimum Gasteiger partial charge on any atom is -0.481 e. The smallest absolute Gasteiger partial charge is 0.303 e. The van der Waals surface area contributed by atoms with Gasteiger partial charge in [0.05, 0.1) is 0 Å². The molecule has 1 saturated heterocycles. The van der Waals surface area contributed by atoms with Crippen molar-refractivity contribution in [2.45, 2.75) is 18.9 Å². The SMILES string of the molecule is CN1CC[C@H](CC(=O)O)[C@H](N)C1. The van der Waals surface area contributed by atoms with E-state index in [0.717, 1.165) is 19.5 Å². The molecule has 12 heavy (non-hydrogen) atoms. The molecule has 0 aliphatic carbocycles. The number of nitrogens with two attached hydrogens (primary N) is 1. The highest BCUT2D eigenvalue weighted by Gasteiger charge is 2.26. The van der Waals surface area contributed by atoms with Crippen LogP contribution in [0.25, 0.3) is 0 Å². The van der Waals surface area contributed by atoms with E-state index >= 15 is 0 Å². The average Bonchev–Trinajstić information content (AvgIpc) is 1.94. The highest BCUT2D eigenvalue weighted by Crippen LogP contribution is 2.18. The maximum Gasteiger partial charge on any atom is 0.303 e. The van der Waals surface area contributed by atoms with Gasteiger partial charge in [-0.15, -0.1) is 0 Å². The summed E-state index contributed by atoms with van der Waals surface area (Å²) in [5.74, 6) is -0.571. The molecular formula is C8H16N2O2. The summed E-state index contributed by atoms with van der Waals surface area (Å²) in [6.45, 7) is 1.78. The number of piperidine rings is 1. The lowest BCUT2D eigenvalue weighted by Crippen LogP contribution is -2.47. The van der Waals surface area contributed by atoms with Gasteiger partial charge in [-0.1, -0.05) is 0 Å². The van der Waals surface area contributed by atoms with Crippen molar-refractivity contribution in [1.29, 1.82) is 0 Å². The predicted octanol–water partition coefficient (Wildman–Crippen LogP) is -0.260. The van der Waals surface area contributed by atoms with E-state index in [0.29, 0.717) is 0 Å². The second kappa shape index (κ2) is 3.87. The molecule has 1 heterocycles. The van der Waals surface area contributed by atoms with E-state index in [9.17, 15) is 4.79 Å². The first-order valence-electron chi connectivity index (χ1n) is 4.25. The average molecular weight is 172 g/mol. The van der Waals surface area contributed by atoms with E-state index in [1.165, 1.54) is 0 Å². The molecule has 0 aromatic heterocycles. The Morgan fingerprint density at radius 1 is 1.75 bits per heavy atom. The van der Waals surface area contributed by atoms with Gasteiger partial charge in [0.1, 0.15) is 0 Å². The zero-order chi connectivity index (χ0) is 9.14. The van der Waals surface area contributed by atoms with Crippen LogP contribution in [0.15, 0.2) is 0 Å². The van der Waals surface area contributed by atoms with Crippen molar-refractivity contribution in [3.05, 3.63) is 0 Å². The summed E-state index contributed by atoms with van der Waals surface area (Å²) in [5, 5.41) is 8.58. The van der Waals surface area contributed by atoms with Crippen LogP contribution in [0.2, 0.25) is 0 Å². The van der Waals surface area contributed by atoms with Crippen molar-refractivity contribution < 1.29 is 9.90 Å². The summed E-state index contributed by atoms with van der Waals surface area (Å²) < 4.78 is 0. The Bertz CT molecular complexity index is 172. The second-order valence-electron chi connectivity index (χ2n) is 3.57. The van der Waals surface area contributed by atoms with Gasteiger partial charge in [-0.3, -0.25) is 4.79 Å². The van der Waals surface area contributed by atoms with E-state index in [-0.39, 0.29) is 18.4 Å². The van der Waals surface area contributed by atoms with Gasteiger partial charge in [0, 0.05) is 19.0 Å². The van der Waals surface area contributed by atoms with Gasteiger partial charge in [0.15, 0.2) is 0 Å². The number of nitrogens with zero attached hydrogens (tertiary/aromatic N) is 1. The lowest BCUT2D eigenvalue weighted by molar-refractivity contribution is -0.138. The number of likely N-dealkylation sites (tertiary alicyclic amines) is 1. The normalized spacial score (nSPS) is 31.8. The number of carboxylic acids is 1. The lowest BCUT2D eigenvalue weighted by atomic mass is 9.90. The zero-order valence-corrected chi connectivity index (χ0v) is 7.36. The minimum atomic E-state index is -0.736. The Morgan fingerprint density at radius 3 is 2.92 bits per heavy atom. The number of hydrogen-bond donors (Lipinski definition) is 2. The summed E-state index contributed by atoms with van der Waals surface area (Å²) in [5.41, 5.74) is 5.81. The largest absolute Gasteiger partial charge is 0.481 e. The lowest BCUT2D eigenvalue weighted by Gasteiger charge is -2.33. The zero-order valence-electron chi connectivity index (χ0n) is 7.36. The van der Waals surface area contributed by atoms with Crippen LogP contribution in [0.5, 0.6) is 0 Å². The Labute approximate surface area is 72.3 Å². The van der Waals surface area contributed by atoms with Crippen molar-refractivity contribution in [3.63, 3.8) is 0 Å². The maximum atomic E-state index is 10.4. The van der Waals surface area contributed by atoms with Gasteiger partial charge in [0.2, 0.25) is 0 Å². The van der Waals surface area contributed by atoms with Crippen molar-refractivity contribution in [2.24, 2.45) is 11.7 Å². The quantitative estimate of drug-likeness (QED) is 0.602.